The zero-order valence-electron chi connectivity index (χ0n) is 11.7. The summed E-state index contributed by atoms with van der Waals surface area (Å²) < 4.78 is 0. The molecule has 1 unspecified atom stereocenters. The second-order valence-electron chi connectivity index (χ2n) is 6.15. The minimum Gasteiger partial charge on any atom is -0.481 e. The van der Waals surface area contributed by atoms with Gasteiger partial charge in [-0.25, -0.2) is 4.79 Å². The number of nitrogens with one attached hydrogen (secondary N) is 2. The van der Waals surface area contributed by atoms with Crippen LogP contribution in [0.15, 0.2) is 0 Å². The quantitative estimate of drug-likeness (QED) is 0.436. The zero-order valence-corrected chi connectivity index (χ0v) is 12.5. The van der Waals surface area contributed by atoms with Crippen molar-refractivity contribution in [3.05, 3.63) is 0 Å². The smallest absolute Gasteiger partial charge is 0.329 e. The van der Waals surface area contributed by atoms with Gasteiger partial charge >= 0.3 is 11.9 Å². The number of rotatable bonds is 4. The largest absolute Gasteiger partial charge is 0.481 e. The number of carbonyl (C=O) groups excluding carboxylic acids is 1. The van der Waals surface area contributed by atoms with Gasteiger partial charge in [0.05, 0.1) is 18.1 Å². The minimum absolute atomic E-state index is 0. The van der Waals surface area contributed by atoms with E-state index in [9.17, 15) is 24.6 Å². The van der Waals surface area contributed by atoms with Gasteiger partial charge in [-0.2, -0.15) is 0 Å². The molecule has 1 heterocycles. The van der Waals surface area contributed by atoms with E-state index in [1.54, 1.807) is 0 Å². The molecule has 0 aromatic rings. The van der Waals surface area contributed by atoms with E-state index in [2.05, 4.69) is 10.6 Å². The predicted molar refractivity (Wildman–Crippen MR) is 75.5 cm³/mol. The molecular weight excluding hydrogens is 316 g/mol. The molecule has 22 heavy (non-hydrogen) atoms. The topological polar surface area (TPSA) is 136 Å². The molecule has 3 aliphatic rings. The summed E-state index contributed by atoms with van der Waals surface area (Å²) in [6.45, 7) is 0.699. The Hall–Kier alpha value is -1.38. The molecule has 2 aliphatic carbocycles. The Morgan fingerprint density at radius 3 is 2.36 bits per heavy atom. The molecule has 3 fully saturated rings. The molecule has 5 N–H and O–H groups in total. The first-order valence-electron chi connectivity index (χ1n) is 7.08. The van der Waals surface area contributed by atoms with E-state index >= 15 is 0 Å². The maximum Gasteiger partial charge on any atom is 0.329 e. The minimum atomic E-state index is -1.67. The molecule has 1 aliphatic heterocycles. The van der Waals surface area contributed by atoms with Crippen molar-refractivity contribution < 1.29 is 29.7 Å². The summed E-state index contributed by atoms with van der Waals surface area (Å²) in [4.78, 5) is 35.0. The lowest BCUT2D eigenvalue weighted by Crippen LogP contribution is -2.59. The highest BCUT2D eigenvalue weighted by Gasteiger charge is 2.75. The summed E-state index contributed by atoms with van der Waals surface area (Å²) >= 11 is 0. The number of aliphatic carboxylic acids is 2. The van der Waals surface area contributed by atoms with Crippen molar-refractivity contribution in [2.24, 2.45) is 17.8 Å². The zero-order chi connectivity index (χ0) is 15.4. The third-order valence-corrected chi connectivity index (χ3v) is 5.01. The Morgan fingerprint density at radius 2 is 1.91 bits per heavy atom. The number of carboxylic acid groups (broad SMARTS) is 2. The normalized spacial score (nSPS) is 42.1. The fourth-order valence-corrected chi connectivity index (χ4v) is 4.00. The Bertz CT molecular complexity index is 509. The highest BCUT2D eigenvalue weighted by Crippen LogP contribution is 2.62. The van der Waals surface area contributed by atoms with Gasteiger partial charge in [0.25, 0.3) is 0 Å². The maximum absolute atomic E-state index is 12.2. The number of carboxylic acids is 2. The molecule has 9 heteroatoms. The average molecular weight is 335 g/mol. The predicted octanol–water partition coefficient (Wildman–Crippen LogP) is -1.19. The van der Waals surface area contributed by atoms with Crippen molar-refractivity contribution in [3.63, 3.8) is 0 Å². The molecule has 1 amide bonds. The van der Waals surface area contributed by atoms with E-state index in [0.717, 1.165) is 6.42 Å². The van der Waals surface area contributed by atoms with E-state index in [1.807, 2.05) is 0 Å². The van der Waals surface area contributed by atoms with Gasteiger partial charge in [-0.15, -0.1) is 12.4 Å². The monoisotopic (exact) mass is 334 g/mol. The van der Waals surface area contributed by atoms with Gasteiger partial charge in [0.15, 0.2) is 0 Å². The molecule has 0 aromatic carbocycles. The van der Waals surface area contributed by atoms with E-state index in [1.165, 1.54) is 0 Å². The SMILES string of the molecule is Cl.O=C(N[C@@]1(C(=O)O)C[C@H](O)[C@H]2[C@H](C(=O)O)[C@H]21)C1CCCN1. The van der Waals surface area contributed by atoms with Crippen molar-refractivity contribution in [2.75, 3.05) is 6.54 Å². The van der Waals surface area contributed by atoms with E-state index in [-0.39, 0.29) is 18.8 Å². The second-order valence-corrected chi connectivity index (χ2v) is 6.15. The molecule has 1 saturated heterocycles. The summed E-state index contributed by atoms with van der Waals surface area (Å²) in [6, 6.07) is -0.445. The van der Waals surface area contributed by atoms with Crippen LogP contribution in [0.5, 0.6) is 0 Å². The van der Waals surface area contributed by atoms with Gasteiger partial charge in [0.1, 0.15) is 5.54 Å². The summed E-state index contributed by atoms with van der Waals surface area (Å²) in [6.07, 6.45) is 0.314. The van der Waals surface area contributed by atoms with Gasteiger partial charge in [0.2, 0.25) is 5.91 Å². The summed E-state index contributed by atoms with van der Waals surface area (Å²) in [5, 5.41) is 34.1. The lowest BCUT2D eigenvalue weighted by Gasteiger charge is -2.30. The first-order chi connectivity index (χ1) is 9.88. The first-order valence-corrected chi connectivity index (χ1v) is 7.08. The summed E-state index contributed by atoms with van der Waals surface area (Å²) in [5.74, 6) is -5.06. The molecule has 3 rings (SSSR count). The Morgan fingerprint density at radius 1 is 1.23 bits per heavy atom. The number of fused-ring (bicyclic) bond motifs is 1. The van der Waals surface area contributed by atoms with Crippen molar-refractivity contribution in [1.82, 2.24) is 10.6 Å². The third kappa shape index (κ3) is 2.35. The van der Waals surface area contributed by atoms with Gasteiger partial charge < -0.3 is 26.0 Å². The van der Waals surface area contributed by atoms with Crippen LogP contribution >= 0.6 is 12.4 Å². The fourth-order valence-electron chi connectivity index (χ4n) is 4.00. The van der Waals surface area contributed by atoms with Crippen molar-refractivity contribution >= 4 is 30.3 Å². The van der Waals surface area contributed by atoms with E-state index in [0.29, 0.717) is 13.0 Å². The van der Waals surface area contributed by atoms with Crippen LogP contribution in [0.2, 0.25) is 0 Å². The number of amides is 1. The number of carbonyl (C=O) groups is 3. The Balaban J connectivity index is 0.00000176. The number of aliphatic hydroxyl groups is 1. The van der Waals surface area contributed by atoms with Crippen LogP contribution in [0.1, 0.15) is 19.3 Å². The molecule has 0 aromatic heterocycles. The van der Waals surface area contributed by atoms with Gasteiger partial charge in [0, 0.05) is 18.3 Å². The molecule has 6 atom stereocenters. The number of hydrogen-bond donors (Lipinski definition) is 5. The summed E-state index contributed by atoms with van der Waals surface area (Å²) in [7, 11) is 0. The highest BCUT2D eigenvalue weighted by molar-refractivity contribution is 5.92. The lowest BCUT2D eigenvalue weighted by molar-refractivity contribution is -0.151. The van der Waals surface area contributed by atoms with Crippen molar-refractivity contribution in [2.45, 2.75) is 36.9 Å². The Labute approximate surface area is 132 Å². The van der Waals surface area contributed by atoms with Crippen LogP contribution < -0.4 is 10.6 Å². The van der Waals surface area contributed by atoms with Crippen LogP contribution in [0, 0.1) is 17.8 Å². The van der Waals surface area contributed by atoms with Crippen molar-refractivity contribution in [1.29, 1.82) is 0 Å². The summed E-state index contributed by atoms with van der Waals surface area (Å²) in [5.41, 5.74) is -1.67. The highest BCUT2D eigenvalue weighted by atomic mass is 35.5. The molecule has 8 nitrogen and oxygen atoms in total. The van der Waals surface area contributed by atoms with Gasteiger partial charge in [-0.3, -0.25) is 9.59 Å². The van der Waals surface area contributed by atoms with E-state index in [4.69, 9.17) is 5.11 Å². The van der Waals surface area contributed by atoms with Crippen LogP contribution in [0.3, 0.4) is 0 Å². The van der Waals surface area contributed by atoms with E-state index < -0.39 is 53.3 Å². The molecule has 0 bridgehead atoms. The van der Waals surface area contributed by atoms with Crippen molar-refractivity contribution in [3.8, 4) is 0 Å². The number of aliphatic hydroxyl groups excluding tert-OH is 1. The molecule has 0 radical (unpaired) electrons. The standard InChI is InChI=1S/C13H18N2O6.ClH/c16-6-4-13(12(20)21,9-7(6)8(9)11(18)19)15-10(17)5-2-1-3-14-5;/h5-9,14,16H,1-4H2,(H,15,17)(H,18,19)(H,20,21);1H/t5?,6-,7-,8-,9-,13-;/m0./s1. The first kappa shape index (κ1) is 17.0. The van der Waals surface area contributed by atoms with Gasteiger partial charge in [-0.1, -0.05) is 0 Å². The molecule has 124 valence electrons. The maximum atomic E-state index is 12.2. The van der Waals surface area contributed by atoms with Crippen LogP contribution in [0.25, 0.3) is 0 Å². The number of halogens is 1. The molecule has 2 saturated carbocycles. The Kier molecular flexibility index (Phi) is 4.38. The van der Waals surface area contributed by atoms with Crippen LogP contribution in [-0.2, 0) is 14.4 Å². The van der Waals surface area contributed by atoms with Crippen LogP contribution in [0.4, 0.5) is 0 Å². The third-order valence-electron chi connectivity index (χ3n) is 5.01. The van der Waals surface area contributed by atoms with Gasteiger partial charge in [-0.05, 0) is 19.4 Å². The lowest BCUT2D eigenvalue weighted by atomic mass is 9.89. The average Bonchev–Trinajstić information content (AvgIpc) is 2.79. The number of hydrogen-bond acceptors (Lipinski definition) is 5. The second kappa shape index (κ2) is 5.68. The van der Waals surface area contributed by atoms with Crippen LogP contribution in [-0.4, -0.2) is 57.4 Å². The fraction of sp³-hybridized carbons (Fsp3) is 0.769. The molecule has 0 spiro atoms. The molecular formula is C13H19ClN2O6.